The minimum Gasteiger partial charge on any atom is -0.497 e. The molecule has 4 aromatic rings. The molecule has 0 fully saturated rings. The second-order valence-corrected chi connectivity index (χ2v) is 5.71. The van der Waals surface area contributed by atoms with Crippen molar-refractivity contribution in [3.8, 4) is 17.1 Å². The summed E-state index contributed by atoms with van der Waals surface area (Å²) in [6.45, 7) is 1.95. The number of fused-ring (bicyclic) bond motifs is 1. The Balaban J connectivity index is 1.89. The van der Waals surface area contributed by atoms with Crippen LogP contribution < -0.4 is 10.1 Å². The lowest BCUT2D eigenvalue weighted by atomic mass is 10.1. The molecule has 2 aromatic carbocycles. The van der Waals surface area contributed by atoms with E-state index in [4.69, 9.17) is 14.7 Å². The number of rotatable bonds is 4. The average molecular weight is 331 g/mol. The van der Waals surface area contributed by atoms with Crippen LogP contribution >= 0.6 is 0 Å². The van der Waals surface area contributed by atoms with E-state index >= 15 is 0 Å². The molecule has 0 radical (unpaired) electrons. The Morgan fingerprint density at radius 3 is 2.56 bits per heavy atom. The SMILES string of the molecule is COc1ccc2nc(-c3ccccc3)nc(Nc3cc(C)[nH]n3)c2c1. The molecule has 0 atom stereocenters. The van der Waals surface area contributed by atoms with Gasteiger partial charge < -0.3 is 10.1 Å². The van der Waals surface area contributed by atoms with E-state index in [0.29, 0.717) is 17.5 Å². The summed E-state index contributed by atoms with van der Waals surface area (Å²) in [4.78, 5) is 9.41. The van der Waals surface area contributed by atoms with Crippen molar-refractivity contribution in [1.82, 2.24) is 20.2 Å². The first kappa shape index (κ1) is 15.1. The maximum absolute atomic E-state index is 5.34. The first-order chi connectivity index (χ1) is 12.2. The molecule has 6 nitrogen and oxygen atoms in total. The Hall–Kier alpha value is -3.41. The quantitative estimate of drug-likeness (QED) is 0.589. The smallest absolute Gasteiger partial charge is 0.162 e. The number of nitrogens with one attached hydrogen (secondary N) is 2. The highest BCUT2D eigenvalue weighted by Crippen LogP contribution is 2.29. The fraction of sp³-hybridized carbons (Fsp3) is 0.105. The van der Waals surface area contributed by atoms with Gasteiger partial charge in [0.2, 0.25) is 0 Å². The van der Waals surface area contributed by atoms with Crippen LogP contribution in [0, 0.1) is 6.92 Å². The predicted molar refractivity (Wildman–Crippen MR) is 98.1 cm³/mol. The summed E-state index contributed by atoms with van der Waals surface area (Å²) < 4.78 is 5.34. The lowest BCUT2D eigenvalue weighted by Gasteiger charge is -2.10. The summed E-state index contributed by atoms with van der Waals surface area (Å²) in [5.41, 5.74) is 2.77. The number of benzene rings is 2. The fourth-order valence-corrected chi connectivity index (χ4v) is 2.65. The van der Waals surface area contributed by atoms with Crippen molar-refractivity contribution in [2.75, 3.05) is 12.4 Å². The summed E-state index contributed by atoms with van der Waals surface area (Å²) in [6, 6.07) is 17.6. The number of aromatic nitrogens is 4. The summed E-state index contributed by atoms with van der Waals surface area (Å²) in [5, 5.41) is 11.3. The van der Waals surface area contributed by atoms with Crippen LogP contribution in [-0.2, 0) is 0 Å². The molecule has 0 aliphatic rings. The second kappa shape index (κ2) is 6.24. The topological polar surface area (TPSA) is 75.7 Å². The molecular formula is C19H17N5O. The van der Waals surface area contributed by atoms with Gasteiger partial charge in [-0.3, -0.25) is 5.10 Å². The third-order valence-electron chi connectivity index (χ3n) is 3.89. The molecule has 0 aliphatic carbocycles. The number of ether oxygens (including phenoxy) is 1. The third kappa shape index (κ3) is 3.01. The van der Waals surface area contributed by atoms with Gasteiger partial charge in [-0.2, -0.15) is 5.10 Å². The van der Waals surface area contributed by atoms with Crippen LogP contribution in [0.2, 0.25) is 0 Å². The third-order valence-corrected chi connectivity index (χ3v) is 3.89. The zero-order chi connectivity index (χ0) is 17.2. The monoisotopic (exact) mass is 331 g/mol. The largest absolute Gasteiger partial charge is 0.497 e. The molecule has 0 saturated heterocycles. The summed E-state index contributed by atoms with van der Waals surface area (Å²) >= 11 is 0. The molecule has 124 valence electrons. The van der Waals surface area contributed by atoms with Crippen molar-refractivity contribution >= 4 is 22.5 Å². The van der Waals surface area contributed by atoms with Crippen molar-refractivity contribution in [1.29, 1.82) is 0 Å². The summed E-state index contributed by atoms with van der Waals surface area (Å²) in [6.07, 6.45) is 0. The van der Waals surface area contributed by atoms with E-state index in [1.807, 2.05) is 61.5 Å². The molecule has 0 aliphatic heterocycles. The van der Waals surface area contributed by atoms with E-state index in [9.17, 15) is 0 Å². The van der Waals surface area contributed by atoms with Gasteiger partial charge in [-0.1, -0.05) is 30.3 Å². The molecule has 0 unspecified atom stereocenters. The maximum Gasteiger partial charge on any atom is 0.162 e. The van der Waals surface area contributed by atoms with Crippen LogP contribution in [0.15, 0.2) is 54.6 Å². The first-order valence-electron chi connectivity index (χ1n) is 7.93. The molecule has 0 amide bonds. The van der Waals surface area contributed by atoms with Crippen molar-refractivity contribution < 1.29 is 4.74 Å². The zero-order valence-electron chi connectivity index (χ0n) is 13.9. The Bertz CT molecular complexity index is 1030. The Morgan fingerprint density at radius 1 is 1.00 bits per heavy atom. The van der Waals surface area contributed by atoms with Gasteiger partial charge in [0.05, 0.1) is 12.6 Å². The molecule has 25 heavy (non-hydrogen) atoms. The highest BCUT2D eigenvalue weighted by molar-refractivity contribution is 5.93. The lowest BCUT2D eigenvalue weighted by Crippen LogP contribution is -2.00. The van der Waals surface area contributed by atoms with Gasteiger partial charge in [0.25, 0.3) is 0 Å². The summed E-state index contributed by atoms with van der Waals surface area (Å²) in [5.74, 6) is 2.81. The number of aryl methyl sites for hydroxylation is 1. The molecule has 2 heterocycles. The highest BCUT2D eigenvalue weighted by atomic mass is 16.5. The van der Waals surface area contributed by atoms with Crippen molar-refractivity contribution in [2.24, 2.45) is 0 Å². The Morgan fingerprint density at radius 2 is 1.84 bits per heavy atom. The Labute approximate surface area is 144 Å². The number of H-pyrrole nitrogens is 1. The molecule has 0 saturated carbocycles. The van der Waals surface area contributed by atoms with Gasteiger partial charge in [0.15, 0.2) is 11.6 Å². The van der Waals surface area contributed by atoms with Gasteiger partial charge in [-0.05, 0) is 25.1 Å². The zero-order valence-corrected chi connectivity index (χ0v) is 13.9. The minimum absolute atomic E-state index is 0.660. The van der Waals surface area contributed by atoms with Crippen molar-refractivity contribution in [3.05, 3.63) is 60.3 Å². The predicted octanol–water partition coefficient (Wildman–Crippen LogP) is 4.08. The van der Waals surface area contributed by atoms with Crippen molar-refractivity contribution in [3.63, 3.8) is 0 Å². The van der Waals surface area contributed by atoms with Gasteiger partial charge in [-0.15, -0.1) is 0 Å². The number of aromatic amines is 1. The van der Waals surface area contributed by atoms with Crippen LogP contribution in [0.25, 0.3) is 22.3 Å². The van der Waals surface area contributed by atoms with E-state index < -0.39 is 0 Å². The lowest BCUT2D eigenvalue weighted by molar-refractivity contribution is 0.415. The first-order valence-corrected chi connectivity index (χ1v) is 7.93. The van der Waals surface area contributed by atoms with E-state index in [0.717, 1.165) is 27.9 Å². The normalized spacial score (nSPS) is 10.8. The summed E-state index contributed by atoms with van der Waals surface area (Å²) in [7, 11) is 1.64. The molecule has 6 heteroatoms. The molecule has 2 aromatic heterocycles. The molecule has 4 rings (SSSR count). The van der Waals surface area contributed by atoms with E-state index in [1.165, 1.54) is 0 Å². The molecule has 0 bridgehead atoms. The van der Waals surface area contributed by atoms with Crippen LogP contribution in [0.4, 0.5) is 11.6 Å². The van der Waals surface area contributed by atoms with E-state index in [1.54, 1.807) is 7.11 Å². The van der Waals surface area contributed by atoms with Crippen LogP contribution in [0.3, 0.4) is 0 Å². The number of anilines is 2. The van der Waals surface area contributed by atoms with Gasteiger partial charge in [-0.25, -0.2) is 9.97 Å². The standard InChI is InChI=1S/C19H17N5O/c1-12-10-17(24-23-12)21-19-15-11-14(25-2)8-9-16(15)20-18(22-19)13-6-4-3-5-7-13/h3-11H,1-2H3,(H2,20,21,22,23,24). The van der Waals surface area contributed by atoms with E-state index in [2.05, 4.69) is 15.5 Å². The van der Waals surface area contributed by atoms with Crippen molar-refractivity contribution in [2.45, 2.75) is 6.92 Å². The highest BCUT2D eigenvalue weighted by Gasteiger charge is 2.12. The Kier molecular flexibility index (Phi) is 3.78. The molecule has 2 N–H and O–H groups in total. The minimum atomic E-state index is 0.660. The number of nitrogens with zero attached hydrogens (tertiary/aromatic N) is 3. The number of hydrogen-bond donors (Lipinski definition) is 2. The van der Waals surface area contributed by atoms with E-state index in [-0.39, 0.29) is 0 Å². The van der Waals surface area contributed by atoms with Gasteiger partial charge in [0, 0.05) is 22.7 Å². The average Bonchev–Trinajstić information content (AvgIpc) is 3.06. The maximum atomic E-state index is 5.34. The second-order valence-electron chi connectivity index (χ2n) is 5.71. The van der Waals surface area contributed by atoms with Crippen LogP contribution in [0.5, 0.6) is 5.75 Å². The molecular weight excluding hydrogens is 314 g/mol. The fourth-order valence-electron chi connectivity index (χ4n) is 2.65. The van der Waals surface area contributed by atoms with Gasteiger partial charge in [0.1, 0.15) is 11.6 Å². The number of methoxy groups -OCH3 is 1. The van der Waals surface area contributed by atoms with Crippen LogP contribution in [-0.4, -0.2) is 27.3 Å². The molecule has 0 spiro atoms. The van der Waals surface area contributed by atoms with Crippen LogP contribution in [0.1, 0.15) is 5.69 Å². The number of hydrogen-bond acceptors (Lipinski definition) is 5. The van der Waals surface area contributed by atoms with Gasteiger partial charge >= 0.3 is 0 Å².